The highest BCUT2D eigenvalue weighted by molar-refractivity contribution is 6.26. The van der Waals surface area contributed by atoms with Crippen LogP contribution in [-0.2, 0) is 0 Å². The highest BCUT2D eigenvalue weighted by Gasteiger charge is 2.07. The van der Waals surface area contributed by atoms with E-state index in [2.05, 4.69) is 72.9 Å². The predicted molar refractivity (Wildman–Crippen MR) is 82.5 cm³/mol. The van der Waals surface area contributed by atoms with Gasteiger partial charge in [0.15, 0.2) is 0 Å². The summed E-state index contributed by atoms with van der Waals surface area (Å²) in [5.41, 5.74) is 3.91. The van der Waals surface area contributed by atoms with Crippen LogP contribution in [0.4, 0.5) is 0 Å². The molecule has 1 nitrogen and oxygen atoms in total. The lowest BCUT2D eigenvalue weighted by Crippen LogP contribution is -2.14. The summed E-state index contributed by atoms with van der Waals surface area (Å²) in [5.74, 6) is 0. The summed E-state index contributed by atoms with van der Waals surface area (Å²) >= 11 is 0. The first-order chi connectivity index (χ1) is 8.83. The molecular weight excluding hydrogens is 234 g/mol. The molecule has 2 aromatic carbocycles. The first kappa shape index (κ1) is 12.6. The molecular formula is C16H19NSi. The molecule has 92 valence electrons. The van der Waals surface area contributed by atoms with Gasteiger partial charge in [-0.2, -0.15) is 0 Å². The van der Waals surface area contributed by atoms with Gasteiger partial charge < -0.3 is 5.32 Å². The molecule has 0 saturated carbocycles. The quantitative estimate of drug-likeness (QED) is 0.825. The molecule has 0 bridgehead atoms. The zero-order valence-corrected chi connectivity index (χ0v) is 13.0. The molecule has 0 heterocycles. The number of hydrogen-bond acceptors (Lipinski definition) is 1. The van der Waals surface area contributed by atoms with Gasteiger partial charge in [-0.3, -0.25) is 0 Å². The van der Waals surface area contributed by atoms with E-state index in [1.165, 1.54) is 22.0 Å². The van der Waals surface area contributed by atoms with E-state index in [0.717, 1.165) is 16.8 Å². The van der Waals surface area contributed by atoms with Crippen LogP contribution in [0, 0.1) is 0 Å². The Kier molecular flexibility index (Phi) is 4.37. The van der Waals surface area contributed by atoms with Gasteiger partial charge >= 0.3 is 0 Å². The largest absolute Gasteiger partial charge is 0.392 e. The summed E-state index contributed by atoms with van der Waals surface area (Å²) in [6, 6.07) is 21.2. The van der Waals surface area contributed by atoms with Gasteiger partial charge in [0, 0.05) is 12.1 Å². The van der Waals surface area contributed by atoms with Gasteiger partial charge in [0.25, 0.3) is 0 Å². The van der Waals surface area contributed by atoms with Gasteiger partial charge in [0.1, 0.15) is 0 Å². The molecule has 1 N–H and O–H groups in total. The Balaban J connectivity index is 2.52. The number of rotatable bonds is 4. The van der Waals surface area contributed by atoms with Crippen molar-refractivity contribution in [2.24, 2.45) is 0 Å². The number of hydrogen-bond donors (Lipinski definition) is 1. The van der Waals surface area contributed by atoms with Crippen LogP contribution in [0.5, 0.6) is 0 Å². The van der Waals surface area contributed by atoms with E-state index < -0.39 is 0 Å². The van der Waals surface area contributed by atoms with E-state index >= 15 is 0 Å². The van der Waals surface area contributed by atoms with E-state index in [1.807, 2.05) is 0 Å². The van der Waals surface area contributed by atoms with Crippen LogP contribution in [0.25, 0.3) is 5.57 Å². The van der Waals surface area contributed by atoms with Crippen molar-refractivity contribution in [1.82, 2.24) is 5.32 Å². The molecule has 18 heavy (non-hydrogen) atoms. The Morgan fingerprint density at radius 2 is 1.33 bits per heavy atom. The maximum atomic E-state index is 3.48. The average Bonchev–Trinajstić information content (AvgIpc) is 2.42. The smallest absolute Gasteiger partial charge is 0.0596 e. The van der Waals surface area contributed by atoms with Crippen LogP contribution in [-0.4, -0.2) is 16.8 Å². The van der Waals surface area contributed by atoms with Crippen molar-refractivity contribution < 1.29 is 0 Å². The molecule has 2 heteroatoms. The van der Waals surface area contributed by atoms with Crippen LogP contribution in [0.2, 0.25) is 0 Å². The number of nitrogens with one attached hydrogen (secondary N) is 1. The van der Waals surface area contributed by atoms with Crippen LogP contribution in [0.15, 0.2) is 66.0 Å². The van der Waals surface area contributed by atoms with Gasteiger partial charge in [-0.25, -0.2) is 0 Å². The Hall–Kier alpha value is -1.80. The molecule has 0 fully saturated rings. The molecule has 0 aliphatic heterocycles. The highest BCUT2D eigenvalue weighted by Crippen LogP contribution is 2.24. The van der Waals surface area contributed by atoms with E-state index in [1.54, 1.807) is 0 Å². The van der Waals surface area contributed by atoms with E-state index in [0.29, 0.717) is 0 Å². The lowest BCUT2D eigenvalue weighted by Gasteiger charge is -2.14. The molecule has 0 saturated heterocycles. The summed E-state index contributed by atoms with van der Waals surface area (Å²) in [5, 5.41) is 4.84. The Labute approximate surface area is 112 Å². The Morgan fingerprint density at radius 3 is 1.72 bits per heavy atom. The second kappa shape index (κ2) is 6.22. The van der Waals surface area contributed by atoms with Crippen LogP contribution < -0.4 is 5.32 Å². The van der Waals surface area contributed by atoms with Crippen molar-refractivity contribution in [3.8, 4) is 0 Å². The highest BCUT2D eigenvalue weighted by atomic mass is 28.1. The Morgan fingerprint density at radius 1 is 0.889 bits per heavy atom. The van der Waals surface area contributed by atoms with Crippen molar-refractivity contribution in [3.05, 3.63) is 77.1 Å². The molecule has 2 aromatic rings. The predicted octanol–water partition coefficient (Wildman–Crippen LogP) is 2.38. The minimum Gasteiger partial charge on any atom is -0.392 e. The fourth-order valence-corrected chi connectivity index (χ4v) is 3.09. The molecule has 0 amide bonds. The topological polar surface area (TPSA) is 12.0 Å². The third-order valence-corrected chi connectivity index (χ3v) is 3.80. The fraction of sp³-hybridized carbons (Fsp3) is 0.125. The summed E-state index contributed by atoms with van der Waals surface area (Å²) in [6.45, 7) is 3.12. The van der Waals surface area contributed by atoms with E-state index in [9.17, 15) is 0 Å². The molecule has 0 atom stereocenters. The summed E-state index contributed by atoms with van der Waals surface area (Å²) < 4.78 is 0. The van der Waals surface area contributed by atoms with Gasteiger partial charge in [0.2, 0.25) is 0 Å². The molecule has 0 aromatic heterocycles. The van der Waals surface area contributed by atoms with Crippen molar-refractivity contribution in [2.75, 3.05) is 6.54 Å². The summed E-state index contributed by atoms with van der Waals surface area (Å²) in [7, 11) is 1.02. The maximum Gasteiger partial charge on any atom is 0.0596 e. The molecule has 0 aliphatic carbocycles. The van der Waals surface area contributed by atoms with Gasteiger partial charge in [-0.05, 0) is 23.4 Å². The zero-order valence-electron chi connectivity index (χ0n) is 11.0. The second-order valence-corrected chi connectivity index (χ2v) is 5.26. The molecule has 0 unspecified atom stereocenters. The molecule has 2 rings (SSSR count). The fourth-order valence-electron chi connectivity index (χ4n) is 2.16. The zero-order chi connectivity index (χ0) is 12.8. The molecule has 0 radical (unpaired) electrons. The van der Waals surface area contributed by atoms with E-state index in [4.69, 9.17) is 0 Å². The van der Waals surface area contributed by atoms with Gasteiger partial charge in [-0.15, -0.1) is 0 Å². The normalized spacial score (nSPS) is 10.1. The van der Waals surface area contributed by atoms with Gasteiger partial charge in [0.05, 0.1) is 10.2 Å². The monoisotopic (exact) mass is 253 g/mol. The minimum absolute atomic E-state index is 0.974. The third-order valence-electron chi connectivity index (χ3n) is 2.94. The van der Waals surface area contributed by atoms with Gasteiger partial charge in [-0.1, -0.05) is 60.7 Å². The summed E-state index contributed by atoms with van der Waals surface area (Å²) in [6.07, 6.45) is 0. The minimum atomic E-state index is 0.974. The van der Waals surface area contributed by atoms with Crippen LogP contribution in [0.3, 0.4) is 0 Å². The average molecular weight is 253 g/mol. The third kappa shape index (κ3) is 2.90. The Bertz CT molecular complexity index is 476. The van der Waals surface area contributed by atoms with Crippen LogP contribution >= 0.6 is 0 Å². The van der Waals surface area contributed by atoms with Crippen molar-refractivity contribution in [2.45, 2.75) is 6.92 Å². The first-order valence-electron chi connectivity index (χ1n) is 6.38. The van der Waals surface area contributed by atoms with Crippen molar-refractivity contribution in [1.29, 1.82) is 0 Å². The van der Waals surface area contributed by atoms with Crippen molar-refractivity contribution in [3.63, 3.8) is 0 Å². The SMILES string of the molecule is CCNC([SiH3])=C(c1ccccc1)c1ccccc1. The van der Waals surface area contributed by atoms with Crippen LogP contribution in [0.1, 0.15) is 18.1 Å². The van der Waals surface area contributed by atoms with Crippen molar-refractivity contribution >= 4 is 15.8 Å². The maximum absolute atomic E-state index is 3.48. The number of benzene rings is 2. The standard InChI is InChI=1S/C16H19NSi/c1-2-17-16(18)15(13-9-5-3-6-10-13)14-11-7-4-8-12-14/h3-12,17H,2H2,1,18H3. The first-order valence-corrected chi connectivity index (χ1v) is 7.38. The lowest BCUT2D eigenvalue weighted by atomic mass is 9.99. The lowest BCUT2D eigenvalue weighted by molar-refractivity contribution is 0.903. The van der Waals surface area contributed by atoms with E-state index in [-0.39, 0.29) is 0 Å². The molecule has 0 aliphatic rings. The molecule has 0 spiro atoms. The second-order valence-electron chi connectivity index (χ2n) is 4.26. The summed E-state index contributed by atoms with van der Waals surface area (Å²) in [4.78, 5) is 0.